The van der Waals surface area contributed by atoms with Crippen molar-refractivity contribution in [3.8, 4) is 11.1 Å². The molecule has 0 bridgehead atoms. The molecule has 0 saturated heterocycles. The van der Waals surface area contributed by atoms with Crippen molar-refractivity contribution < 1.29 is 24.2 Å². The summed E-state index contributed by atoms with van der Waals surface area (Å²) in [5.74, 6) is -0.955. The first-order valence-corrected chi connectivity index (χ1v) is 12.0. The van der Waals surface area contributed by atoms with Gasteiger partial charge in [-0.25, -0.2) is 4.79 Å². The molecule has 1 fully saturated rings. The molecule has 2 aromatic carbocycles. The number of fused-ring (bicyclic) bond motifs is 3. The van der Waals surface area contributed by atoms with Gasteiger partial charge in [-0.3, -0.25) is 9.59 Å². The number of nitrogens with one attached hydrogen (secondary N) is 1. The summed E-state index contributed by atoms with van der Waals surface area (Å²) in [5, 5.41) is 11.7. The van der Waals surface area contributed by atoms with E-state index in [4.69, 9.17) is 9.84 Å². The number of ether oxygens (including phenoxy) is 1. The fourth-order valence-corrected chi connectivity index (χ4v) is 5.00. The first-order valence-electron chi connectivity index (χ1n) is 12.0. The van der Waals surface area contributed by atoms with E-state index < -0.39 is 12.1 Å². The fourth-order valence-electron chi connectivity index (χ4n) is 5.00. The van der Waals surface area contributed by atoms with E-state index in [-0.39, 0.29) is 42.9 Å². The summed E-state index contributed by atoms with van der Waals surface area (Å²) < 4.78 is 5.60. The van der Waals surface area contributed by atoms with Gasteiger partial charge in [-0.15, -0.1) is 0 Å². The number of rotatable bonds is 9. The van der Waals surface area contributed by atoms with Crippen molar-refractivity contribution in [2.24, 2.45) is 5.92 Å². The van der Waals surface area contributed by atoms with Crippen molar-refractivity contribution in [2.75, 3.05) is 13.2 Å². The summed E-state index contributed by atoms with van der Waals surface area (Å²) >= 11 is 0. The van der Waals surface area contributed by atoms with E-state index in [0.29, 0.717) is 25.8 Å². The molecule has 34 heavy (non-hydrogen) atoms. The molecule has 2 aromatic rings. The van der Waals surface area contributed by atoms with Crippen LogP contribution in [0.25, 0.3) is 11.1 Å². The molecular formula is C27H32N2O5. The first kappa shape index (κ1) is 23.8. The van der Waals surface area contributed by atoms with Crippen LogP contribution in [0.3, 0.4) is 0 Å². The summed E-state index contributed by atoms with van der Waals surface area (Å²) in [6.07, 6.45) is 1.18. The van der Waals surface area contributed by atoms with E-state index in [0.717, 1.165) is 0 Å². The van der Waals surface area contributed by atoms with E-state index >= 15 is 0 Å². The molecule has 180 valence electrons. The molecule has 0 radical (unpaired) electrons. The van der Waals surface area contributed by atoms with Gasteiger partial charge in [-0.2, -0.15) is 0 Å². The molecule has 0 aromatic heterocycles. The maximum atomic E-state index is 12.8. The number of carboxylic acids is 1. The average Bonchev–Trinajstić information content (AvgIpc) is 3.10. The Bertz CT molecular complexity index is 1010. The van der Waals surface area contributed by atoms with E-state index in [1.165, 1.54) is 22.3 Å². The zero-order valence-corrected chi connectivity index (χ0v) is 19.7. The number of carbonyl (C=O) groups is 3. The number of benzene rings is 2. The molecule has 0 aliphatic heterocycles. The van der Waals surface area contributed by atoms with Crippen molar-refractivity contribution >= 4 is 18.0 Å². The molecule has 2 aliphatic rings. The Balaban J connectivity index is 1.26. The van der Waals surface area contributed by atoms with Gasteiger partial charge in [0.25, 0.3) is 0 Å². The molecule has 0 heterocycles. The quantitative estimate of drug-likeness (QED) is 0.573. The zero-order valence-electron chi connectivity index (χ0n) is 19.7. The number of carboxylic acid groups (broad SMARTS) is 1. The van der Waals surface area contributed by atoms with Crippen molar-refractivity contribution in [2.45, 2.75) is 57.5 Å². The number of hydrogen-bond donors (Lipinski definition) is 2. The third kappa shape index (κ3) is 5.08. The second kappa shape index (κ2) is 10.3. The van der Waals surface area contributed by atoms with Gasteiger partial charge < -0.3 is 20.1 Å². The number of carbonyl (C=O) groups excluding carboxylic acids is 2. The summed E-state index contributed by atoms with van der Waals surface area (Å²) in [4.78, 5) is 37.8. The summed E-state index contributed by atoms with van der Waals surface area (Å²) in [7, 11) is 0. The van der Waals surface area contributed by atoms with Crippen LogP contribution in [-0.4, -0.2) is 53.2 Å². The lowest BCUT2D eigenvalue weighted by Crippen LogP contribution is -2.52. The van der Waals surface area contributed by atoms with Gasteiger partial charge in [0.15, 0.2) is 0 Å². The highest BCUT2D eigenvalue weighted by Gasteiger charge is 2.38. The Morgan fingerprint density at radius 2 is 1.62 bits per heavy atom. The number of nitrogens with zero attached hydrogens (tertiary/aromatic N) is 1. The Hall–Kier alpha value is -3.35. The van der Waals surface area contributed by atoms with Crippen molar-refractivity contribution in [1.82, 2.24) is 10.2 Å². The molecule has 7 heteroatoms. The smallest absolute Gasteiger partial charge is 0.407 e. The Labute approximate surface area is 200 Å². The van der Waals surface area contributed by atoms with Gasteiger partial charge in [0, 0.05) is 36.9 Å². The number of alkyl carbamates (subject to hydrolysis) is 1. The minimum absolute atomic E-state index is 0.00966. The Morgan fingerprint density at radius 3 is 2.18 bits per heavy atom. The third-order valence-corrected chi connectivity index (χ3v) is 6.85. The predicted octanol–water partition coefficient (Wildman–Crippen LogP) is 4.41. The second-order valence-electron chi connectivity index (χ2n) is 9.46. The van der Waals surface area contributed by atoms with Crippen LogP contribution in [0.5, 0.6) is 0 Å². The van der Waals surface area contributed by atoms with E-state index in [9.17, 15) is 14.4 Å². The lowest BCUT2D eigenvalue weighted by Gasteiger charge is -2.39. The lowest BCUT2D eigenvalue weighted by molar-refractivity contribution is -0.142. The minimum atomic E-state index is -0.854. The van der Waals surface area contributed by atoms with Gasteiger partial charge in [0.1, 0.15) is 6.61 Å². The van der Waals surface area contributed by atoms with Gasteiger partial charge in [-0.05, 0) is 55.4 Å². The van der Waals surface area contributed by atoms with Crippen LogP contribution < -0.4 is 5.32 Å². The highest BCUT2D eigenvalue weighted by Crippen LogP contribution is 2.44. The molecule has 0 unspecified atom stereocenters. The van der Waals surface area contributed by atoms with Crippen LogP contribution in [0.2, 0.25) is 0 Å². The number of aliphatic carboxylic acids is 1. The van der Waals surface area contributed by atoms with Crippen molar-refractivity contribution in [3.05, 3.63) is 59.7 Å². The van der Waals surface area contributed by atoms with Crippen LogP contribution in [0.4, 0.5) is 4.79 Å². The highest BCUT2D eigenvalue weighted by molar-refractivity contribution is 5.81. The Kier molecular flexibility index (Phi) is 7.20. The molecule has 4 rings (SSSR count). The Morgan fingerprint density at radius 1 is 1.03 bits per heavy atom. The largest absolute Gasteiger partial charge is 0.481 e. The summed E-state index contributed by atoms with van der Waals surface area (Å²) in [6.45, 7) is 4.57. The van der Waals surface area contributed by atoms with Crippen molar-refractivity contribution in [3.63, 3.8) is 0 Å². The summed E-state index contributed by atoms with van der Waals surface area (Å²) in [6, 6.07) is 16.3. The van der Waals surface area contributed by atoms with Crippen LogP contribution in [0, 0.1) is 5.92 Å². The van der Waals surface area contributed by atoms with Crippen LogP contribution in [0.15, 0.2) is 48.5 Å². The second-order valence-corrected chi connectivity index (χ2v) is 9.46. The van der Waals surface area contributed by atoms with E-state index in [1.807, 2.05) is 38.1 Å². The molecular weight excluding hydrogens is 432 g/mol. The molecule has 0 atom stereocenters. The lowest BCUT2D eigenvalue weighted by atomic mass is 9.79. The average molecular weight is 465 g/mol. The van der Waals surface area contributed by atoms with E-state index in [2.05, 4.69) is 29.6 Å². The number of amides is 2. The highest BCUT2D eigenvalue weighted by atomic mass is 16.5. The molecule has 7 nitrogen and oxygen atoms in total. The molecule has 2 N–H and O–H groups in total. The maximum Gasteiger partial charge on any atom is 0.407 e. The first-order chi connectivity index (χ1) is 16.3. The predicted molar refractivity (Wildman–Crippen MR) is 128 cm³/mol. The molecule has 2 amide bonds. The molecule has 0 spiro atoms. The van der Waals surface area contributed by atoms with Crippen LogP contribution in [0.1, 0.15) is 56.6 Å². The normalized spacial score (nSPS) is 18.6. The minimum Gasteiger partial charge on any atom is -0.481 e. The summed E-state index contributed by atoms with van der Waals surface area (Å²) in [5.41, 5.74) is 4.71. The monoisotopic (exact) mass is 464 g/mol. The third-order valence-electron chi connectivity index (χ3n) is 6.85. The number of hydrogen-bond acceptors (Lipinski definition) is 4. The van der Waals surface area contributed by atoms with E-state index in [1.54, 1.807) is 4.90 Å². The van der Waals surface area contributed by atoms with Crippen LogP contribution in [-0.2, 0) is 14.3 Å². The van der Waals surface area contributed by atoms with Gasteiger partial charge in [0.2, 0.25) is 5.91 Å². The zero-order chi connectivity index (χ0) is 24.2. The standard InChI is InChI=1S/C27H32N2O5/c1-17(2)29(13-7-12-25(30)31)26(32)18-14-19(15-18)28-27(33)34-16-24-22-10-5-3-8-20(22)21-9-4-6-11-23(21)24/h3-6,8-11,17-19,24H,7,12-16H2,1-2H3,(H,28,33)(H,30,31). The van der Waals surface area contributed by atoms with Gasteiger partial charge in [-0.1, -0.05) is 48.5 Å². The van der Waals surface area contributed by atoms with Gasteiger partial charge >= 0.3 is 12.1 Å². The van der Waals surface area contributed by atoms with Crippen LogP contribution >= 0.6 is 0 Å². The fraction of sp³-hybridized carbons (Fsp3) is 0.444. The molecule has 2 aliphatic carbocycles. The SMILES string of the molecule is CC(C)N(CCCC(=O)O)C(=O)C1CC(NC(=O)OCC2c3ccccc3-c3ccccc32)C1. The topological polar surface area (TPSA) is 95.9 Å². The molecule has 1 saturated carbocycles. The maximum absolute atomic E-state index is 12.8. The van der Waals surface area contributed by atoms with Crippen molar-refractivity contribution in [1.29, 1.82) is 0 Å². The van der Waals surface area contributed by atoms with Gasteiger partial charge in [0.05, 0.1) is 0 Å².